The molecule has 0 aromatic heterocycles. The van der Waals surface area contributed by atoms with E-state index in [4.69, 9.17) is 9.47 Å². The minimum Gasteiger partial charge on any atom is -0.454 e. The van der Waals surface area contributed by atoms with Crippen molar-refractivity contribution in [3.05, 3.63) is 54.1 Å². The Morgan fingerprint density at radius 1 is 1.04 bits per heavy atom. The molecule has 130 valence electrons. The molecule has 0 spiro atoms. The number of benzene rings is 2. The van der Waals surface area contributed by atoms with Crippen LogP contribution in [-0.2, 0) is 9.59 Å². The Bertz CT molecular complexity index is 763. The van der Waals surface area contributed by atoms with Crippen molar-refractivity contribution in [3.63, 3.8) is 0 Å². The van der Waals surface area contributed by atoms with Gasteiger partial charge in [0.15, 0.2) is 11.5 Å². The van der Waals surface area contributed by atoms with E-state index in [9.17, 15) is 14.7 Å². The Morgan fingerprint density at radius 2 is 1.80 bits per heavy atom. The molecule has 1 aliphatic heterocycles. The first-order valence-electron chi connectivity index (χ1n) is 7.85. The van der Waals surface area contributed by atoms with Crippen LogP contribution in [0.5, 0.6) is 11.5 Å². The third-order valence-corrected chi connectivity index (χ3v) is 3.72. The van der Waals surface area contributed by atoms with Gasteiger partial charge >= 0.3 is 11.8 Å². The largest absolute Gasteiger partial charge is 0.454 e. The molecule has 2 amide bonds. The number of anilines is 1. The fraction of sp³-hybridized carbons (Fsp3) is 0.222. The predicted octanol–water partition coefficient (Wildman–Crippen LogP) is 1.59. The number of carbonyl (C=O) groups excluding carboxylic acids is 2. The Balaban J connectivity index is 1.46. The van der Waals surface area contributed by atoms with Gasteiger partial charge in [0.1, 0.15) is 0 Å². The molecule has 1 heterocycles. The van der Waals surface area contributed by atoms with Gasteiger partial charge in [-0.1, -0.05) is 30.3 Å². The maximum Gasteiger partial charge on any atom is 0.313 e. The van der Waals surface area contributed by atoms with Gasteiger partial charge in [0.25, 0.3) is 0 Å². The SMILES string of the molecule is O=C(NCC[C@@H](O)c1ccccc1)C(=O)Nc1ccc2c(c1)OCO2. The Morgan fingerprint density at radius 3 is 2.60 bits per heavy atom. The second kappa shape index (κ2) is 7.67. The molecule has 3 N–H and O–H groups in total. The lowest BCUT2D eigenvalue weighted by Gasteiger charge is -2.11. The highest BCUT2D eigenvalue weighted by molar-refractivity contribution is 6.39. The van der Waals surface area contributed by atoms with Crippen LogP contribution in [-0.4, -0.2) is 30.3 Å². The van der Waals surface area contributed by atoms with Crippen molar-refractivity contribution in [2.75, 3.05) is 18.7 Å². The monoisotopic (exact) mass is 342 g/mol. The zero-order valence-corrected chi connectivity index (χ0v) is 13.4. The maximum absolute atomic E-state index is 11.9. The topological polar surface area (TPSA) is 96.9 Å². The number of rotatable bonds is 5. The van der Waals surface area contributed by atoms with Gasteiger partial charge in [-0.2, -0.15) is 0 Å². The molecule has 0 saturated heterocycles. The zero-order chi connectivity index (χ0) is 17.6. The van der Waals surface area contributed by atoms with Gasteiger partial charge in [-0.15, -0.1) is 0 Å². The van der Waals surface area contributed by atoms with Crippen molar-refractivity contribution >= 4 is 17.5 Å². The number of hydrogen-bond acceptors (Lipinski definition) is 5. The summed E-state index contributed by atoms with van der Waals surface area (Å²) in [6.45, 7) is 0.320. The fourth-order valence-electron chi connectivity index (χ4n) is 2.41. The lowest BCUT2D eigenvalue weighted by atomic mass is 10.1. The van der Waals surface area contributed by atoms with Crippen LogP contribution in [0, 0.1) is 0 Å². The second-order valence-electron chi connectivity index (χ2n) is 5.49. The number of amides is 2. The summed E-state index contributed by atoms with van der Waals surface area (Å²) in [5, 5.41) is 15.0. The van der Waals surface area contributed by atoms with Crippen molar-refractivity contribution in [2.24, 2.45) is 0 Å². The van der Waals surface area contributed by atoms with E-state index < -0.39 is 17.9 Å². The van der Waals surface area contributed by atoms with Gasteiger partial charge in [-0.05, 0) is 24.1 Å². The van der Waals surface area contributed by atoms with Crippen LogP contribution in [0.3, 0.4) is 0 Å². The lowest BCUT2D eigenvalue weighted by Crippen LogP contribution is -2.36. The van der Waals surface area contributed by atoms with Crippen LogP contribution < -0.4 is 20.1 Å². The predicted molar refractivity (Wildman–Crippen MR) is 90.2 cm³/mol. The smallest absolute Gasteiger partial charge is 0.313 e. The minimum absolute atomic E-state index is 0.136. The highest BCUT2D eigenvalue weighted by Crippen LogP contribution is 2.34. The van der Waals surface area contributed by atoms with Gasteiger partial charge in [0.2, 0.25) is 6.79 Å². The molecular formula is C18H18N2O5. The molecule has 2 aromatic rings. The molecule has 0 saturated carbocycles. The van der Waals surface area contributed by atoms with E-state index in [1.54, 1.807) is 30.3 Å². The molecule has 0 aliphatic carbocycles. The van der Waals surface area contributed by atoms with Gasteiger partial charge in [0, 0.05) is 18.3 Å². The molecule has 0 bridgehead atoms. The first-order chi connectivity index (χ1) is 12.1. The van der Waals surface area contributed by atoms with Gasteiger partial charge < -0.3 is 25.2 Å². The Labute approximate surface area is 144 Å². The van der Waals surface area contributed by atoms with E-state index in [0.717, 1.165) is 5.56 Å². The van der Waals surface area contributed by atoms with Crippen molar-refractivity contribution in [1.29, 1.82) is 0 Å². The first-order valence-corrected chi connectivity index (χ1v) is 7.85. The molecule has 1 aliphatic rings. The molecule has 2 aromatic carbocycles. The van der Waals surface area contributed by atoms with E-state index in [1.807, 2.05) is 18.2 Å². The van der Waals surface area contributed by atoms with Crippen LogP contribution in [0.25, 0.3) is 0 Å². The third kappa shape index (κ3) is 4.27. The molecular weight excluding hydrogens is 324 g/mol. The van der Waals surface area contributed by atoms with Gasteiger partial charge in [-0.25, -0.2) is 0 Å². The van der Waals surface area contributed by atoms with E-state index in [0.29, 0.717) is 23.6 Å². The third-order valence-electron chi connectivity index (χ3n) is 3.72. The average molecular weight is 342 g/mol. The van der Waals surface area contributed by atoms with Crippen molar-refractivity contribution in [1.82, 2.24) is 5.32 Å². The Kier molecular flexibility index (Phi) is 5.15. The summed E-state index contributed by atoms with van der Waals surface area (Å²) in [7, 11) is 0. The Hall–Kier alpha value is -3.06. The summed E-state index contributed by atoms with van der Waals surface area (Å²) >= 11 is 0. The lowest BCUT2D eigenvalue weighted by molar-refractivity contribution is -0.136. The molecule has 3 rings (SSSR count). The first kappa shape index (κ1) is 16.8. The molecule has 0 fully saturated rings. The van der Waals surface area contributed by atoms with Crippen LogP contribution in [0.4, 0.5) is 5.69 Å². The second-order valence-corrected chi connectivity index (χ2v) is 5.49. The number of aliphatic hydroxyl groups is 1. The number of aliphatic hydroxyl groups excluding tert-OH is 1. The summed E-state index contributed by atoms with van der Waals surface area (Å²) in [5.41, 5.74) is 1.20. The van der Waals surface area contributed by atoms with Crippen LogP contribution >= 0.6 is 0 Å². The fourth-order valence-corrected chi connectivity index (χ4v) is 2.41. The number of nitrogens with one attached hydrogen (secondary N) is 2. The molecule has 0 unspecified atom stereocenters. The highest BCUT2D eigenvalue weighted by atomic mass is 16.7. The van der Waals surface area contributed by atoms with Gasteiger partial charge in [0.05, 0.1) is 6.10 Å². The summed E-state index contributed by atoms with van der Waals surface area (Å²) in [6, 6.07) is 14.0. The number of ether oxygens (including phenoxy) is 2. The number of carbonyl (C=O) groups is 2. The van der Waals surface area contributed by atoms with E-state index in [-0.39, 0.29) is 13.3 Å². The van der Waals surface area contributed by atoms with Crippen LogP contribution in [0.15, 0.2) is 48.5 Å². The highest BCUT2D eigenvalue weighted by Gasteiger charge is 2.17. The molecule has 7 nitrogen and oxygen atoms in total. The summed E-state index contributed by atoms with van der Waals surface area (Å²) < 4.78 is 10.4. The molecule has 1 atom stereocenters. The normalized spacial score (nSPS) is 13.2. The number of hydrogen-bond donors (Lipinski definition) is 3. The van der Waals surface area contributed by atoms with Crippen LogP contribution in [0.1, 0.15) is 18.1 Å². The quantitative estimate of drug-likeness (QED) is 0.717. The molecule has 7 heteroatoms. The van der Waals surface area contributed by atoms with E-state index in [1.165, 1.54) is 0 Å². The van der Waals surface area contributed by atoms with Crippen molar-refractivity contribution < 1.29 is 24.2 Å². The molecule has 0 radical (unpaired) electrons. The summed E-state index contributed by atoms with van der Waals surface area (Å²) in [6.07, 6.45) is -0.383. The van der Waals surface area contributed by atoms with E-state index >= 15 is 0 Å². The standard InChI is InChI=1S/C18H18N2O5/c21-14(12-4-2-1-3-5-12)8-9-19-17(22)18(23)20-13-6-7-15-16(10-13)25-11-24-15/h1-7,10,14,21H,8-9,11H2,(H,19,22)(H,20,23)/t14-/m1/s1. The summed E-state index contributed by atoms with van der Waals surface area (Å²) in [5.74, 6) is -0.437. The van der Waals surface area contributed by atoms with E-state index in [2.05, 4.69) is 10.6 Å². The maximum atomic E-state index is 11.9. The summed E-state index contributed by atoms with van der Waals surface area (Å²) in [4.78, 5) is 23.7. The van der Waals surface area contributed by atoms with Crippen molar-refractivity contribution in [2.45, 2.75) is 12.5 Å². The minimum atomic E-state index is -0.784. The van der Waals surface area contributed by atoms with Crippen molar-refractivity contribution in [3.8, 4) is 11.5 Å². The number of fused-ring (bicyclic) bond motifs is 1. The average Bonchev–Trinajstić information content (AvgIpc) is 3.10. The molecule has 25 heavy (non-hydrogen) atoms. The zero-order valence-electron chi connectivity index (χ0n) is 13.4. The van der Waals surface area contributed by atoms with Gasteiger partial charge in [-0.3, -0.25) is 9.59 Å². The van der Waals surface area contributed by atoms with Crippen LogP contribution in [0.2, 0.25) is 0 Å².